The van der Waals surface area contributed by atoms with E-state index >= 15 is 0 Å². The number of carbonyl (C=O) groups excluding carboxylic acids is 5. The third-order valence-corrected chi connectivity index (χ3v) is 6.53. The van der Waals surface area contributed by atoms with Gasteiger partial charge in [-0.2, -0.15) is 0 Å². The van der Waals surface area contributed by atoms with Crippen LogP contribution in [-0.4, -0.2) is 102 Å². The minimum atomic E-state index is -2.07. The summed E-state index contributed by atoms with van der Waals surface area (Å²) in [6.45, 7) is 5.18. The fourth-order valence-electron chi connectivity index (χ4n) is 3.99. The molecule has 13 nitrogen and oxygen atoms in total. The van der Waals surface area contributed by atoms with E-state index in [2.05, 4.69) is 0 Å². The van der Waals surface area contributed by atoms with E-state index in [4.69, 9.17) is 72.7 Å². The second-order valence-corrected chi connectivity index (χ2v) is 9.50. The van der Waals surface area contributed by atoms with E-state index < -0.39 is 96.4 Å². The second kappa shape index (κ2) is 13.9. The second-order valence-electron chi connectivity index (χ2n) is 8.42. The Morgan fingerprint density at radius 1 is 0.737 bits per heavy atom. The summed E-state index contributed by atoms with van der Waals surface area (Å²) >= 11 is 18.8. The molecule has 0 bridgehead atoms. The Hall–Kier alpha value is -1.90. The van der Waals surface area contributed by atoms with E-state index in [1.165, 1.54) is 0 Å². The summed E-state index contributed by atoms with van der Waals surface area (Å²) in [5, 5.41) is -1.17. The SMILES string of the molecule is CC(=O)OC[C@@H]1O[C@H](O[C@]2(CCl)O[C@H](CCl)[C@H](OC(C)=O)[C@@H]2OC(C)=O)[C@H](OC(C)=O)[C@@H](OC(C)=O)[C@H]1Cl. The normalized spacial score (nSPS) is 34.6. The van der Waals surface area contributed by atoms with Gasteiger partial charge in [0.05, 0.1) is 11.8 Å². The average Bonchev–Trinajstić information content (AvgIpc) is 3.08. The fourth-order valence-corrected chi connectivity index (χ4v) is 4.83. The highest BCUT2D eigenvalue weighted by Gasteiger charge is 2.63. The van der Waals surface area contributed by atoms with Gasteiger partial charge in [0.15, 0.2) is 24.4 Å². The van der Waals surface area contributed by atoms with Crippen LogP contribution in [0, 0.1) is 0 Å². The van der Waals surface area contributed by atoms with Gasteiger partial charge in [-0.25, -0.2) is 0 Å². The Balaban J connectivity index is 2.55. The Bertz CT molecular complexity index is 902. The first-order valence-electron chi connectivity index (χ1n) is 11.3. The van der Waals surface area contributed by atoms with Crippen LogP contribution in [-0.2, 0) is 61.9 Å². The fraction of sp³-hybridized carbons (Fsp3) is 0.773. The van der Waals surface area contributed by atoms with Gasteiger partial charge in [0, 0.05) is 34.6 Å². The van der Waals surface area contributed by atoms with E-state index in [0.717, 1.165) is 34.6 Å². The highest BCUT2D eigenvalue weighted by Crippen LogP contribution is 2.42. The van der Waals surface area contributed by atoms with Crippen LogP contribution in [0.4, 0.5) is 0 Å². The molecule has 216 valence electrons. The molecule has 2 aliphatic heterocycles. The lowest BCUT2D eigenvalue weighted by Gasteiger charge is -2.45. The zero-order valence-corrected chi connectivity index (χ0v) is 23.4. The van der Waals surface area contributed by atoms with Crippen molar-refractivity contribution in [3.8, 4) is 0 Å². The first-order valence-corrected chi connectivity index (χ1v) is 12.8. The number of esters is 5. The predicted octanol–water partition coefficient (Wildman–Crippen LogP) is 1.20. The Labute approximate surface area is 233 Å². The molecule has 0 unspecified atom stereocenters. The monoisotopic (exact) mass is 606 g/mol. The third-order valence-electron chi connectivity index (χ3n) is 5.32. The number of halogens is 3. The smallest absolute Gasteiger partial charge is 0.303 e. The van der Waals surface area contributed by atoms with Crippen molar-refractivity contribution >= 4 is 64.6 Å². The topological polar surface area (TPSA) is 159 Å². The van der Waals surface area contributed by atoms with E-state index in [1.54, 1.807) is 0 Å². The van der Waals surface area contributed by atoms with Crippen LogP contribution < -0.4 is 0 Å². The van der Waals surface area contributed by atoms with Crippen molar-refractivity contribution in [1.82, 2.24) is 0 Å². The van der Waals surface area contributed by atoms with Gasteiger partial charge in [0.2, 0.25) is 12.1 Å². The van der Waals surface area contributed by atoms with Crippen molar-refractivity contribution in [2.75, 3.05) is 18.4 Å². The van der Waals surface area contributed by atoms with Crippen molar-refractivity contribution in [2.24, 2.45) is 0 Å². The van der Waals surface area contributed by atoms with Gasteiger partial charge in [-0.1, -0.05) is 0 Å². The number of alkyl halides is 3. The van der Waals surface area contributed by atoms with Crippen LogP contribution in [0.3, 0.4) is 0 Å². The molecule has 38 heavy (non-hydrogen) atoms. The summed E-state index contributed by atoms with van der Waals surface area (Å²) in [5.41, 5.74) is 0. The standard InChI is InChI=1S/C22H29Cl3O13/c1-9(26)31-7-15-16(25)18(33-11(3)28)19(34-12(4)29)21(36-15)38-22(8-24)20(35-13(5)30)17(32-10(2)27)14(6-23)37-22/h14-21H,6-8H2,1-5H3/t14-,15+,16+,17+,18+,19-,20+,21-,22+/m1/s1. The molecule has 0 saturated carbocycles. The van der Waals surface area contributed by atoms with Gasteiger partial charge in [0.1, 0.15) is 24.2 Å². The van der Waals surface area contributed by atoms with E-state index in [9.17, 15) is 24.0 Å². The summed E-state index contributed by atoms with van der Waals surface area (Å²) in [5.74, 6) is -6.59. The Kier molecular flexibility index (Phi) is 11.9. The van der Waals surface area contributed by atoms with Gasteiger partial charge >= 0.3 is 29.8 Å². The number of rotatable bonds is 10. The molecule has 2 fully saturated rings. The summed E-state index contributed by atoms with van der Waals surface area (Å²) < 4.78 is 44.3. The molecule has 9 atom stereocenters. The highest BCUT2D eigenvalue weighted by molar-refractivity contribution is 6.21. The molecule has 2 rings (SSSR count). The summed E-state index contributed by atoms with van der Waals surface area (Å²) in [4.78, 5) is 59.0. The van der Waals surface area contributed by atoms with Gasteiger partial charge in [-0.05, 0) is 0 Å². The Morgan fingerprint density at radius 3 is 1.74 bits per heavy atom. The molecule has 0 amide bonds. The third kappa shape index (κ3) is 8.06. The maximum absolute atomic E-state index is 12.0. The van der Waals surface area contributed by atoms with E-state index in [1.807, 2.05) is 0 Å². The van der Waals surface area contributed by atoms with Crippen LogP contribution in [0.25, 0.3) is 0 Å². The molecule has 0 aliphatic carbocycles. The number of ether oxygens (including phenoxy) is 8. The summed E-state index contributed by atoms with van der Waals surface area (Å²) in [7, 11) is 0. The lowest BCUT2D eigenvalue weighted by molar-refractivity contribution is -0.359. The molecule has 0 aromatic carbocycles. The van der Waals surface area contributed by atoms with Crippen molar-refractivity contribution in [3.05, 3.63) is 0 Å². The van der Waals surface area contributed by atoms with Crippen molar-refractivity contribution in [3.63, 3.8) is 0 Å². The van der Waals surface area contributed by atoms with Gasteiger partial charge < -0.3 is 37.9 Å². The van der Waals surface area contributed by atoms with Crippen LogP contribution >= 0.6 is 34.8 Å². The zero-order chi connectivity index (χ0) is 28.8. The molecule has 0 spiro atoms. The molecular formula is C22H29Cl3O13. The van der Waals surface area contributed by atoms with Crippen LogP contribution in [0.15, 0.2) is 0 Å². The largest absolute Gasteiger partial charge is 0.463 e. The van der Waals surface area contributed by atoms with Crippen LogP contribution in [0.1, 0.15) is 34.6 Å². The Morgan fingerprint density at radius 2 is 1.26 bits per heavy atom. The summed E-state index contributed by atoms with van der Waals surface area (Å²) in [6.07, 6.45) is -9.38. The minimum Gasteiger partial charge on any atom is -0.463 e. The van der Waals surface area contributed by atoms with Gasteiger partial charge in [0.25, 0.3) is 0 Å². The number of hydrogen-bond donors (Lipinski definition) is 0. The average molecular weight is 608 g/mol. The van der Waals surface area contributed by atoms with Crippen LogP contribution in [0.5, 0.6) is 0 Å². The first kappa shape index (κ1) is 32.3. The molecular weight excluding hydrogens is 579 g/mol. The quantitative estimate of drug-likeness (QED) is 0.198. The van der Waals surface area contributed by atoms with E-state index in [0.29, 0.717) is 0 Å². The number of carbonyl (C=O) groups is 5. The minimum absolute atomic E-state index is 0.231. The molecule has 16 heteroatoms. The van der Waals surface area contributed by atoms with Gasteiger partial charge in [-0.15, -0.1) is 34.8 Å². The lowest BCUT2D eigenvalue weighted by Crippen LogP contribution is -2.63. The molecule has 2 aliphatic rings. The van der Waals surface area contributed by atoms with Crippen LogP contribution in [0.2, 0.25) is 0 Å². The molecule has 0 radical (unpaired) electrons. The van der Waals surface area contributed by atoms with Gasteiger partial charge in [-0.3, -0.25) is 24.0 Å². The van der Waals surface area contributed by atoms with Crippen molar-refractivity contribution in [1.29, 1.82) is 0 Å². The highest BCUT2D eigenvalue weighted by atomic mass is 35.5. The molecule has 2 heterocycles. The molecule has 0 N–H and O–H groups in total. The molecule has 0 aromatic rings. The first-order chi connectivity index (χ1) is 17.7. The maximum atomic E-state index is 12.0. The van der Waals surface area contributed by atoms with E-state index in [-0.39, 0.29) is 5.88 Å². The van der Waals surface area contributed by atoms with Crippen molar-refractivity contribution in [2.45, 2.75) is 88.7 Å². The zero-order valence-electron chi connectivity index (χ0n) is 21.2. The molecule has 2 saturated heterocycles. The lowest BCUT2D eigenvalue weighted by atomic mass is 10.0. The van der Waals surface area contributed by atoms with Crippen molar-refractivity contribution < 1.29 is 61.9 Å². The summed E-state index contributed by atoms with van der Waals surface area (Å²) in [6, 6.07) is 0. The predicted molar refractivity (Wildman–Crippen MR) is 127 cm³/mol. The maximum Gasteiger partial charge on any atom is 0.303 e. The molecule has 0 aromatic heterocycles. The number of hydrogen-bond acceptors (Lipinski definition) is 13.